The second kappa shape index (κ2) is 8.15. The first-order valence-corrected chi connectivity index (χ1v) is 6.81. The van der Waals surface area contributed by atoms with Gasteiger partial charge in [0.1, 0.15) is 0 Å². The monoisotopic (exact) mass is 213 g/mol. The van der Waals surface area contributed by atoms with Crippen LogP contribution in [0.2, 0.25) is 0 Å². The number of hydrogen-bond acceptors (Lipinski definition) is 1. The van der Waals surface area contributed by atoms with E-state index in [9.17, 15) is 0 Å². The third kappa shape index (κ3) is 5.01. The zero-order valence-electron chi connectivity index (χ0n) is 11.6. The van der Waals surface area contributed by atoms with Crippen LogP contribution in [0, 0.1) is 17.8 Å². The van der Waals surface area contributed by atoms with Gasteiger partial charge in [0.05, 0.1) is 0 Å². The normalized spacial score (nSPS) is 16.0. The predicted molar refractivity (Wildman–Crippen MR) is 70.2 cm³/mol. The average Bonchev–Trinajstić information content (AvgIpc) is 2.23. The Balaban J connectivity index is 4.40. The van der Waals surface area contributed by atoms with Gasteiger partial charge in [-0.2, -0.15) is 0 Å². The Bertz CT molecular complexity index is 136. The maximum Gasteiger partial charge on any atom is 0.0123 e. The third-order valence-electron chi connectivity index (χ3n) is 3.80. The van der Waals surface area contributed by atoms with Crippen LogP contribution in [0.5, 0.6) is 0 Å². The van der Waals surface area contributed by atoms with Gasteiger partial charge in [-0.25, -0.2) is 0 Å². The molecular weight excluding hydrogens is 182 g/mol. The van der Waals surface area contributed by atoms with Crippen LogP contribution in [0.15, 0.2) is 0 Å². The van der Waals surface area contributed by atoms with Crippen LogP contribution in [0.4, 0.5) is 0 Å². The molecule has 92 valence electrons. The minimum atomic E-state index is 0.708. The van der Waals surface area contributed by atoms with Crippen molar-refractivity contribution < 1.29 is 0 Å². The lowest BCUT2D eigenvalue weighted by Gasteiger charge is -2.34. The molecule has 0 aromatic heterocycles. The summed E-state index contributed by atoms with van der Waals surface area (Å²) in [6.45, 7) is 15.1. The van der Waals surface area contributed by atoms with E-state index in [1.165, 1.54) is 19.3 Å². The lowest BCUT2D eigenvalue weighted by atomic mass is 9.80. The van der Waals surface area contributed by atoms with E-state index in [1.807, 2.05) is 0 Å². The van der Waals surface area contributed by atoms with Crippen LogP contribution in [-0.4, -0.2) is 12.6 Å². The summed E-state index contributed by atoms with van der Waals surface area (Å²) in [6.07, 6.45) is 3.84. The van der Waals surface area contributed by atoms with Crippen molar-refractivity contribution in [3.63, 3.8) is 0 Å². The van der Waals surface area contributed by atoms with Gasteiger partial charge in [0.25, 0.3) is 0 Å². The first kappa shape index (κ1) is 15.0. The summed E-state index contributed by atoms with van der Waals surface area (Å²) in [7, 11) is 0. The summed E-state index contributed by atoms with van der Waals surface area (Å²) < 4.78 is 0. The summed E-state index contributed by atoms with van der Waals surface area (Å²) in [6, 6.07) is 0.708. The van der Waals surface area contributed by atoms with Gasteiger partial charge >= 0.3 is 0 Å². The highest BCUT2D eigenvalue weighted by atomic mass is 14.9. The average molecular weight is 213 g/mol. The van der Waals surface area contributed by atoms with Gasteiger partial charge < -0.3 is 5.32 Å². The van der Waals surface area contributed by atoms with E-state index in [1.54, 1.807) is 0 Å². The largest absolute Gasteiger partial charge is 0.313 e. The number of hydrogen-bond donors (Lipinski definition) is 1. The quantitative estimate of drug-likeness (QED) is 0.640. The van der Waals surface area contributed by atoms with Crippen LogP contribution in [-0.2, 0) is 0 Å². The van der Waals surface area contributed by atoms with E-state index in [4.69, 9.17) is 0 Å². The highest BCUT2D eigenvalue weighted by Gasteiger charge is 2.25. The van der Waals surface area contributed by atoms with Crippen molar-refractivity contribution in [1.82, 2.24) is 5.32 Å². The standard InChI is InChI=1S/C14H31N/c1-7-10-15-14(12(6)11(4)5)13(8-2)9-3/h11-15H,7-10H2,1-6H3. The maximum atomic E-state index is 3.75. The molecule has 0 aromatic carbocycles. The molecule has 0 spiro atoms. The Labute approximate surface area is 97.0 Å². The maximum absolute atomic E-state index is 3.75. The van der Waals surface area contributed by atoms with Crippen LogP contribution in [0.25, 0.3) is 0 Å². The van der Waals surface area contributed by atoms with Gasteiger partial charge in [0.2, 0.25) is 0 Å². The Morgan fingerprint density at radius 2 is 1.47 bits per heavy atom. The topological polar surface area (TPSA) is 12.0 Å². The third-order valence-corrected chi connectivity index (χ3v) is 3.80. The minimum Gasteiger partial charge on any atom is -0.313 e. The van der Waals surface area contributed by atoms with Crippen LogP contribution < -0.4 is 5.32 Å². The molecule has 15 heavy (non-hydrogen) atoms. The van der Waals surface area contributed by atoms with Gasteiger partial charge in [-0.15, -0.1) is 0 Å². The predicted octanol–water partition coefficient (Wildman–Crippen LogP) is 4.08. The van der Waals surface area contributed by atoms with E-state index < -0.39 is 0 Å². The smallest absolute Gasteiger partial charge is 0.0123 e. The second-order valence-corrected chi connectivity index (χ2v) is 5.16. The highest BCUT2D eigenvalue weighted by Crippen LogP contribution is 2.24. The lowest BCUT2D eigenvalue weighted by Crippen LogP contribution is -2.43. The number of rotatable bonds is 8. The molecule has 0 radical (unpaired) electrons. The summed E-state index contributed by atoms with van der Waals surface area (Å²) in [5.41, 5.74) is 0. The van der Waals surface area contributed by atoms with Crippen molar-refractivity contribution >= 4 is 0 Å². The van der Waals surface area contributed by atoms with Crippen molar-refractivity contribution in [3.05, 3.63) is 0 Å². The molecule has 1 nitrogen and oxygen atoms in total. The fourth-order valence-electron chi connectivity index (χ4n) is 2.30. The minimum absolute atomic E-state index is 0.708. The summed E-state index contributed by atoms with van der Waals surface area (Å²) >= 11 is 0. The molecule has 0 rings (SSSR count). The molecule has 0 amide bonds. The van der Waals surface area contributed by atoms with Crippen LogP contribution >= 0.6 is 0 Å². The molecule has 0 heterocycles. The van der Waals surface area contributed by atoms with Crippen molar-refractivity contribution in [3.8, 4) is 0 Å². The fourth-order valence-corrected chi connectivity index (χ4v) is 2.30. The first-order valence-electron chi connectivity index (χ1n) is 6.81. The summed E-state index contributed by atoms with van der Waals surface area (Å²) in [4.78, 5) is 0. The van der Waals surface area contributed by atoms with Crippen molar-refractivity contribution in [2.24, 2.45) is 17.8 Å². The summed E-state index contributed by atoms with van der Waals surface area (Å²) in [5, 5.41) is 3.75. The van der Waals surface area contributed by atoms with Crippen molar-refractivity contribution in [2.75, 3.05) is 6.54 Å². The van der Waals surface area contributed by atoms with Gasteiger partial charge in [0, 0.05) is 6.04 Å². The van der Waals surface area contributed by atoms with E-state index in [0.717, 1.165) is 24.3 Å². The van der Waals surface area contributed by atoms with Crippen molar-refractivity contribution in [1.29, 1.82) is 0 Å². The first-order chi connectivity index (χ1) is 7.08. The van der Waals surface area contributed by atoms with E-state index in [2.05, 4.69) is 46.9 Å². The molecule has 1 N–H and O–H groups in total. The zero-order valence-corrected chi connectivity index (χ0v) is 11.6. The van der Waals surface area contributed by atoms with E-state index >= 15 is 0 Å². The second-order valence-electron chi connectivity index (χ2n) is 5.16. The Hall–Kier alpha value is -0.0400. The Kier molecular flexibility index (Phi) is 8.13. The molecule has 2 atom stereocenters. The SMILES string of the molecule is CCCNC(C(CC)CC)C(C)C(C)C. The summed E-state index contributed by atoms with van der Waals surface area (Å²) in [5.74, 6) is 2.40. The van der Waals surface area contributed by atoms with E-state index in [-0.39, 0.29) is 0 Å². The molecule has 0 saturated heterocycles. The lowest BCUT2D eigenvalue weighted by molar-refractivity contribution is 0.213. The van der Waals surface area contributed by atoms with Crippen LogP contribution in [0.1, 0.15) is 60.8 Å². The molecule has 0 aliphatic heterocycles. The fraction of sp³-hybridized carbons (Fsp3) is 1.00. The molecule has 0 aromatic rings. The molecule has 2 unspecified atom stereocenters. The molecule has 0 aliphatic rings. The molecule has 0 bridgehead atoms. The van der Waals surface area contributed by atoms with E-state index in [0.29, 0.717) is 6.04 Å². The van der Waals surface area contributed by atoms with Gasteiger partial charge in [-0.1, -0.05) is 54.4 Å². The molecule has 0 saturated carbocycles. The van der Waals surface area contributed by atoms with Crippen molar-refractivity contribution in [2.45, 2.75) is 66.8 Å². The zero-order chi connectivity index (χ0) is 11.8. The van der Waals surface area contributed by atoms with Gasteiger partial charge in [0.15, 0.2) is 0 Å². The van der Waals surface area contributed by atoms with Gasteiger partial charge in [-0.3, -0.25) is 0 Å². The van der Waals surface area contributed by atoms with Gasteiger partial charge in [-0.05, 0) is 30.7 Å². The molecular formula is C14H31N. The molecule has 0 aliphatic carbocycles. The van der Waals surface area contributed by atoms with Crippen LogP contribution in [0.3, 0.4) is 0 Å². The molecule has 0 fully saturated rings. The number of nitrogens with one attached hydrogen (secondary N) is 1. The Morgan fingerprint density at radius 1 is 0.933 bits per heavy atom. The Morgan fingerprint density at radius 3 is 1.80 bits per heavy atom. The molecule has 1 heteroatoms. The highest BCUT2D eigenvalue weighted by molar-refractivity contribution is 4.81.